The molecule has 22 heavy (non-hydrogen) atoms. The Balaban J connectivity index is 1.78. The molecule has 0 N–H and O–H groups in total. The van der Waals surface area contributed by atoms with Crippen molar-refractivity contribution in [3.05, 3.63) is 40.7 Å². The summed E-state index contributed by atoms with van der Waals surface area (Å²) >= 11 is 1.39. The minimum absolute atomic E-state index is 0.0788. The minimum Gasteiger partial charge on any atom is -0.378 e. The van der Waals surface area contributed by atoms with Gasteiger partial charge in [0.25, 0.3) is 0 Å². The summed E-state index contributed by atoms with van der Waals surface area (Å²) < 4.78 is 19.1. The standard InChI is InChI=1S/C16H17FN2O2S/c1-11-14(10-15(20)19-6-8-21-9-7-19)22-16(18-11)12-4-2-3-5-13(12)17/h2-5H,6-10H2,1H3. The monoisotopic (exact) mass is 320 g/mol. The van der Waals surface area contributed by atoms with E-state index in [-0.39, 0.29) is 11.7 Å². The third kappa shape index (κ3) is 3.18. The van der Waals surface area contributed by atoms with E-state index in [9.17, 15) is 9.18 Å². The lowest BCUT2D eigenvalue weighted by atomic mass is 10.2. The van der Waals surface area contributed by atoms with Crippen LogP contribution < -0.4 is 0 Å². The Labute approximate surface area is 132 Å². The second-order valence-electron chi connectivity index (χ2n) is 5.18. The molecule has 116 valence electrons. The molecule has 0 atom stereocenters. The summed E-state index contributed by atoms with van der Waals surface area (Å²) in [6.45, 7) is 4.32. The first-order valence-corrected chi connectivity index (χ1v) is 8.03. The maximum Gasteiger partial charge on any atom is 0.228 e. The number of ether oxygens (including phenoxy) is 1. The molecule has 1 aliphatic heterocycles. The van der Waals surface area contributed by atoms with E-state index in [1.165, 1.54) is 17.4 Å². The van der Waals surface area contributed by atoms with Crippen molar-refractivity contribution in [3.63, 3.8) is 0 Å². The SMILES string of the molecule is Cc1nc(-c2ccccc2F)sc1CC(=O)N1CCOCC1. The Morgan fingerprint density at radius 3 is 2.82 bits per heavy atom. The molecule has 0 spiro atoms. The summed E-state index contributed by atoms with van der Waals surface area (Å²) in [6, 6.07) is 6.57. The highest BCUT2D eigenvalue weighted by molar-refractivity contribution is 7.15. The highest BCUT2D eigenvalue weighted by atomic mass is 32.1. The number of thiazole rings is 1. The van der Waals surface area contributed by atoms with E-state index in [4.69, 9.17) is 4.74 Å². The summed E-state index contributed by atoms with van der Waals surface area (Å²) in [4.78, 5) is 19.4. The molecule has 0 unspecified atom stereocenters. The van der Waals surface area contributed by atoms with E-state index >= 15 is 0 Å². The smallest absolute Gasteiger partial charge is 0.228 e. The molecule has 0 saturated carbocycles. The third-order valence-electron chi connectivity index (χ3n) is 3.67. The molecule has 0 bridgehead atoms. The van der Waals surface area contributed by atoms with Gasteiger partial charge in [0, 0.05) is 23.5 Å². The highest BCUT2D eigenvalue weighted by Crippen LogP contribution is 2.30. The number of nitrogens with zero attached hydrogens (tertiary/aromatic N) is 2. The maximum absolute atomic E-state index is 13.8. The number of carbonyl (C=O) groups is 1. The number of amides is 1. The van der Waals surface area contributed by atoms with Gasteiger partial charge in [0.1, 0.15) is 10.8 Å². The molecule has 1 aromatic heterocycles. The van der Waals surface area contributed by atoms with Crippen molar-refractivity contribution in [3.8, 4) is 10.6 Å². The van der Waals surface area contributed by atoms with Gasteiger partial charge in [0.15, 0.2) is 0 Å². The topological polar surface area (TPSA) is 42.4 Å². The molecule has 0 radical (unpaired) electrons. The van der Waals surface area contributed by atoms with E-state index in [2.05, 4.69) is 4.98 Å². The largest absolute Gasteiger partial charge is 0.378 e. The van der Waals surface area contributed by atoms with Crippen LogP contribution in [0.15, 0.2) is 24.3 Å². The average molecular weight is 320 g/mol. The van der Waals surface area contributed by atoms with Gasteiger partial charge in [-0.05, 0) is 19.1 Å². The van der Waals surface area contributed by atoms with Crippen LogP contribution in [-0.4, -0.2) is 42.1 Å². The Morgan fingerprint density at radius 2 is 2.09 bits per heavy atom. The molecule has 3 rings (SSSR count). The number of hydrogen-bond donors (Lipinski definition) is 0. The van der Waals surface area contributed by atoms with Crippen molar-refractivity contribution in [2.45, 2.75) is 13.3 Å². The number of benzene rings is 1. The Kier molecular flexibility index (Phi) is 4.49. The molecule has 1 amide bonds. The first kappa shape index (κ1) is 15.1. The first-order chi connectivity index (χ1) is 10.6. The molecule has 2 aromatic rings. The molecule has 1 saturated heterocycles. The van der Waals surface area contributed by atoms with Crippen molar-refractivity contribution in [1.82, 2.24) is 9.88 Å². The van der Waals surface area contributed by atoms with Crippen LogP contribution in [0.3, 0.4) is 0 Å². The van der Waals surface area contributed by atoms with Gasteiger partial charge in [-0.15, -0.1) is 11.3 Å². The van der Waals surface area contributed by atoms with Crippen LogP contribution in [0, 0.1) is 12.7 Å². The van der Waals surface area contributed by atoms with Crippen LogP contribution in [0.25, 0.3) is 10.6 Å². The average Bonchev–Trinajstić information content (AvgIpc) is 2.89. The van der Waals surface area contributed by atoms with Gasteiger partial charge in [-0.1, -0.05) is 12.1 Å². The van der Waals surface area contributed by atoms with Gasteiger partial charge in [-0.2, -0.15) is 0 Å². The second-order valence-corrected chi connectivity index (χ2v) is 6.26. The lowest BCUT2D eigenvalue weighted by Crippen LogP contribution is -2.41. The summed E-state index contributed by atoms with van der Waals surface area (Å²) in [5.41, 5.74) is 1.28. The van der Waals surface area contributed by atoms with Gasteiger partial charge >= 0.3 is 0 Å². The number of morpholine rings is 1. The van der Waals surface area contributed by atoms with E-state index in [0.29, 0.717) is 43.3 Å². The van der Waals surface area contributed by atoms with Crippen LogP contribution >= 0.6 is 11.3 Å². The van der Waals surface area contributed by atoms with E-state index in [0.717, 1.165) is 10.6 Å². The zero-order valence-electron chi connectivity index (χ0n) is 12.3. The molecular formula is C16H17FN2O2S. The zero-order valence-corrected chi connectivity index (χ0v) is 13.2. The zero-order chi connectivity index (χ0) is 15.5. The lowest BCUT2D eigenvalue weighted by molar-refractivity contribution is -0.134. The Morgan fingerprint density at radius 1 is 1.36 bits per heavy atom. The lowest BCUT2D eigenvalue weighted by Gasteiger charge is -2.26. The van der Waals surface area contributed by atoms with Crippen molar-refractivity contribution in [1.29, 1.82) is 0 Å². The summed E-state index contributed by atoms with van der Waals surface area (Å²) in [7, 11) is 0. The van der Waals surface area contributed by atoms with Gasteiger partial charge in [-0.25, -0.2) is 9.37 Å². The number of halogens is 1. The van der Waals surface area contributed by atoms with Crippen molar-refractivity contribution in [2.24, 2.45) is 0 Å². The molecule has 1 aromatic carbocycles. The van der Waals surface area contributed by atoms with Crippen molar-refractivity contribution in [2.75, 3.05) is 26.3 Å². The molecule has 0 aliphatic carbocycles. The third-order valence-corrected chi connectivity index (χ3v) is 4.86. The van der Waals surface area contributed by atoms with E-state index in [1.807, 2.05) is 11.8 Å². The van der Waals surface area contributed by atoms with Gasteiger partial charge in [0.05, 0.1) is 25.3 Å². The van der Waals surface area contributed by atoms with Gasteiger partial charge < -0.3 is 9.64 Å². The number of hydrogen-bond acceptors (Lipinski definition) is 4. The van der Waals surface area contributed by atoms with Crippen molar-refractivity contribution >= 4 is 17.2 Å². The van der Waals surface area contributed by atoms with Crippen LogP contribution in [0.1, 0.15) is 10.6 Å². The van der Waals surface area contributed by atoms with Gasteiger partial charge in [0.2, 0.25) is 5.91 Å². The van der Waals surface area contributed by atoms with E-state index in [1.54, 1.807) is 18.2 Å². The highest BCUT2D eigenvalue weighted by Gasteiger charge is 2.20. The fraction of sp³-hybridized carbons (Fsp3) is 0.375. The molecule has 1 fully saturated rings. The van der Waals surface area contributed by atoms with Crippen LogP contribution in [0.4, 0.5) is 4.39 Å². The Hall–Kier alpha value is -1.79. The predicted octanol–water partition coefficient (Wildman–Crippen LogP) is 2.66. The fourth-order valence-electron chi connectivity index (χ4n) is 2.40. The number of carbonyl (C=O) groups excluding carboxylic acids is 1. The van der Waals surface area contributed by atoms with E-state index < -0.39 is 0 Å². The first-order valence-electron chi connectivity index (χ1n) is 7.22. The molecule has 2 heterocycles. The number of aromatic nitrogens is 1. The minimum atomic E-state index is -0.290. The number of rotatable bonds is 3. The van der Waals surface area contributed by atoms with Crippen molar-refractivity contribution < 1.29 is 13.9 Å². The maximum atomic E-state index is 13.8. The van der Waals surface area contributed by atoms with Gasteiger partial charge in [-0.3, -0.25) is 4.79 Å². The van der Waals surface area contributed by atoms with Crippen LogP contribution in [-0.2, 0) is 16.0 Å². The molecule has 4 nitrogen and oxygen atoms in total. The van der Waals surface area contributed by atoms with Crippen LogP contribution in [0.2, 0.25) is 0 Å². The second kappa shape index (κ2) is 6.54. The normalized spacial score (nSPS) is 15.1. The van der Waals surface area contributed by atoms with Crippen LogP contribution in [0.5, 0.6) is 0 Å². The quantitative estimate of drug-likeness (QED) is 0.873. The Bertz CT molecular complexity index is 681. The molecule has 1 aliphatic rings. The fourth-order valence-corrected chi connectivity index (χ4v) is 3.48. The predicted molar refractivity (Wildman–Crippen MR) is 83.3 cm³/mol. The summed E-state index contributed by atoms with van der Waals surface area (Å²) in [5.74, 6) is -0.211. The molecular weight excluding hydrogens is 303 g/mol. The molecule has 6 heteroatoms. The number of aryl methyl sites for hydroxylation is 1. The summed E-state index contributed by atoms with van der Waals surface area (Å²) in [6.07, 6.45) is 0.317. The summed E-state index contributed by atoms with van der Waals surface area (Å²) in [5, 5.41) is 0.625.